The summed E-state index contributed by atoms with van der Waals surface area (Å²) < 4.78 is 1.78. The number of aliphatic hydroxyl groups excluding tert-OH is 1. The number of hydrogen-bond acceptors (Lipinski definition) is 2. The first-order valence-corrected chi connectivity index (χ1v) is 6.67. The average molecular weight is 398 g/mol. The van der Waals surface area contributed by atoms with Gasteiger partial charge < -0.3 is 10.0 Å². The van der Waals surface area contributed by atoms with E-state index in [9.17, 15) is 4.79 Å². The second-order valence-corrected chi connectivity index (χ2v) is 5.65. The quantitative estimate of drug-likeness (QED) is 0.796. The molecule has 3 nitrogen and oxygen atoms in total. The number of hydrogen-bond donors (Lipinski definition) is 1. The normalized spacial score (nSPS) is 12.3. The molecule has 1 rings (SSSR count). The number of amides is 1. The molecule has 5 heteroatoms. The van der Waals surface area contributed by atoms with Crippen LogP contribution in [0.25, 0.3) is 0 Å². The Morgan fingerprint density at radius 3 is 2.81 bits per heavy atom. The molecule has 1 amide bonds. The van der Waals surface area contributed by atoms with E-state index in [1.54, 1.807) is 18.0 Å². The lowest BCUT2D eigenvalue weighted by molar-refractivity contribution is 0.0681. The highest BCUT2D eigenvalue weighted by molar-refractivity contribution is 14.1. The van der Waals surface area contributed by atoms with E-state index in [0.29, 0.717) is 5.56 Å². The highest BCUT2D eigenvalue weighted by atomic mass is 127. The van der Waals surface area contributed by atoms with Crippen molar-refractivity contribution in [2.75, 3.05) is 13.7 Å². The van der Waals surface area contributed by atoms with Gasteiger partial charge in [0.15, 0.2) is 0 Å². The molecule has 1 unspecified atom stereocenters. The maximum atomic E-state index is 12.1. The third-order valence-corrected chi connectivity index (χ3v) is 3.84. The molecule has 1 N–H and O–H groups in total. The van der Waals surface area contributed by atoms with Crippen molar-refractivity contribution in [3.63, 3.8) is 0 Å². The van der Waals surface area contributed by atoms with Crippen molar-refractivity contribution in [1.82, 2.24) is 4.90 Å². The number of rotatable bonds is 3. The molecule has 0 saturated heterocycles. The van der Waals surface area contributed by atoms with Gasteiger partial charge in [-0.25, -0.2) is 0 Å². The van der Waals surface area contributed by atoms with Crippen LogP contribution < -0.4 is 0 Å². The van der Waals surface area contributed by atoms with Gasteiger partial charge >= 0.3 is 0 Å². The summed E-state index contributed by atoms with van der Waals surface area (Å²) in [5, 5.41) is 9.02. The van der Waals surface area contributed by atoms with Crippen LogP contribution in [0.4, 0.5) is 0 Å². The van der Waals surface area contributed by atoms with E-state index in [0.717, 1.165) is 8.04 Å². The predicted octanol–water partition coefficient (Wildman–Crippen LogP) is 2.51. The first-order chi connectivity index (χ1) is 7.47. The van der Waals surface area contributed by atoms with Gasteiger partial charge in [-0.3, -0.25) is 4.79 Å². The van der Waals surface area contributed by atoms with Crippen LogP contribution in [0, 0.1) is 3.57 Å². The van der Waals surface area contributed by atoms with Gasteiger partial charge in [0.1, 0.15) is 0 Å². The summed E-state index contributed by atoms with van der Waals surface area (Å²) in [7, 11) is 1.69. The van der Waals surface area contributed by atoms with Gasteiger partial charge in [0.05, 0.1) is 18.2 Å². The summed E-state index contributed by atoms with van der Waals surface area (Å²) in [6.07, 6.45) is 0. The van der Waals surface area contributed by atoms with Crippen LogP contribution in [-0.2, 0) is 0 Å². The van der Waals surface area contributed by atoms with Gasteiger partial charge in [0.25, 0.3) is 5.91 Å². The number of halogens is 2. The number of likely N-dealkylation sites (N-methyl/N-ethyl adjacent to an activating group) is 1. The summed E-state index contributed by atoms with van der Waals surface area (Å²) in [5.41, 5.74) is 0.651. The van der Waals surface area contributed by atoms with Crippen LogP contribution in [0.3, 0.4) is 0 Å². The standard InChI is InChI=1S/C11H13BrINO2/c1-7(6-15)14(2)11(16)9-5-8(12)3-4-10(9)13/h3-5,7,15H,6H2,1-2H3. The molecular formula is C11H13BrINO2. The lowest BCUT2D eigenvalue weighted by Crippen LogP contribution is -2.37. The molecular weight excluding hydrogens is 385 g/mol. The number of carbonyl (C=O) groups is 1. The minimum absolute atomic E-state index is 0.0349. The molecule has 16 heavy (non-hydrogen) atoms. The Balaban J connectivity index is 3.00. The van der Waals surface area contributed by atoms with Gasteiger partial charge in [-0.1, -0.05) is 15.9 Å². The van der Waals surface area contributed by atoms with Crippen LogP contribution in [0.2, 0.25) is 0 Å². The fourth-order valence-electron chi connectivity index (χ4n) is 1.17. The van der Waals surface area contributed by atoms with Gasteiger partial charge in [-0.15, -0.1) is 0 Å². The largest absolute Gasteiger partial charge is 0.394 e. The lowest BCUT2D eigenvalue weighted by atomic mass is 10.2. The molecule has 0 radical (unpaired) electrons. The minimum Gasteiger partial charge on any atom is -0.394 e. The van der Waals surface area contributed by atoms with E-state index in [2.05, 4.69) is 38.5 Å². The van der Waals surface area contributed by atoms with Crippen molar-refractivity contribution in [2.45, 2.75) is 13.0 Å². The maximum absolute atomic E-state index is 12.1. The molecule has 0 heterocycles. The Bertz CT molecular complexity index is 398. The molecule has 0 aliphatic carbocycles. The van der Waals surface area contributed by atoms with Crippen molar-refractivity contribution in [2.24, 2.45) is 0 Å². The molecule has 0 saturated carbocycles. The van der Waals surface area contributed by atoms with Crippen molar-refractivity contribution in [1.29, 1.82) is 0 Å². The van der Waals surface area contributed by atoms with E-state index >= 15 is 0 Å². The van der Waals surface area contributed by atoms with E-state index in [1.165, 1.54) is 0 Å². The molecule has 1 aromatic rings. The summed E-state index contributed by atoms with van der Waals surface area (Å²) >= 11 is 5.47. The minimum atomic E-state index is -0.178. The fraction of sp³-hybridized carbons (Fsp3) is 0.364. The van der Waals surface area contributed by atoms with Crippen molar-refractivity contribution in [3.05, 3.63) is 31.8 Å². The van der Waals surface area contributed by atoms with E-state index in [4.69, 9.17) is 5.11 Å². The van der Waals surface area contributed by atoms with Crippen LogP contribution in [0.15, 0.2) is 22.7 Å². The third kappa shape index (κ3) is 3.18. The van der Waals surface area contributed by atoms with Crippen molar-refractivity contribution >= 4 is 44.4 Å². The number of carbonyl (C=O) groups excluding carboxylic acids is 1. The summed E-state index contributed by atoms with van der Waals surface area (Å²) in [5.74, 6) is -0.0766. The fourth-order valence-corrected chi connectivity index (χ4v) is 2.10. The number of benzene rings is 1. The van der Waals surface area contributed by atoms with Gasteiger partial charge in [0, 0.05) is 15.1 Å². The smallest absolute Gasteiger partial charge is 0.255 e. The van der Waals surface area contributed by atoms with E-state index in [-0.39, 0.29) is 18.6 Å². The first kappa shape index (κ1) is 13.9. The second-order valence-electron chi connectivity index (χ2n) is 3.57. The van der Waals surface area contributed by atoms with Gasteiger partial charge in [-0.2, -0.15) is 0 Å². The van der Waals surface area contributed by atoms with E-state index < -0.39 is 0 Å². The topological polar surface area (TPSA) is 40.5 Å². The SMILES string of the molecule is CC(CO)N(C)C(=O)c1cc(Br)ccc1I. The lowest BCUT2D eigenvalue weighted by Gasteiger charge is -2.23. The zero-order valence-corrected chi connectivity index (χ0v) is 12.8. The highest BCUT2D eigenvalue weighted by Crippen LogP contribution is 2.20. The van der Waals surface area contributed by atoms with Crippen molar-refractivity contribution < 1.29 is 9.90 Å². The third-order valence-electron chi connectivity index (χ3n) is 2.40. The number of nitrogens with zero attached hydrogens (tertiary/aromatic N) is 1. The molecule has 88 valence electrons. The molecule has 1 atom stereocenters. The molecule has 0 aliphatic heterocycles. The summed E-state index contributed by atoms with van der Waals surface area (Å²) in [6.45, 7) is 1.77. The zero-order chi connectivity index (χ0) is 12.3. The Morgan fingerprint density at radius 2 is 2.25 bits per heavy atom. The predicted molar refractivity (Wildman–Crippen MR) is 75.5 cm³/mol. The highest BCUT2D eigenvalue weighted by Gasteiger charge is 2.19. The summed E-state index contributed by atoms with van der Waals surface area (Å²) in [4.78, 5) is 13.7. The van der Waals surface area contributed by atoms with Crippen LogP contribution >= 0.6 is 38.5 Å². The Hall–Kier alpha value is -0.140. The Morgan fingerprint density at radius 1 is 1.62 bits per heavy atom. The van der Waals surface area contributed by atoms with Crippen LogP contribution in [-0.4, -0.2) is 35.6 Å². The number of aliphatic hydroxyl groups is 1. The maximum Gasteiger partial charge on any atom is 0.255 e. The zero-order valence-electron chi connectivity index (χ0n) is 9.08. The van der Waals surface area contributed by atoms with Crippen LogP contribution in [0.5, 0.6) is 0 Å². The van der Waals surface area contributed by atoms with Crippen LogP contribution in [0.1, 0.15) is 17.3 Å². The molecule has 0 aliphatic rings. The second kappa shape index (κ2) is 5.97. The molecule has 0 bridgehead atoms. The van der Waals surface area contributed by atoms with Crippen molar-refractivity contribution in [3.8, 4) is 0 Å². The monoisotopic (exact) mass is 397 g/mol. The molecule has 0 aromatic heterocycles. The molecule has 0 spiro atoms. The van der Waals surface area contributed by atoms with Gasteiger partial charge in [-0.05, 0) is 47.7 Å². The Kier molecular flexibility index (Phi) is 5.20. The average Bonchev–Trinajstić information content (AvgIpc) is 2.29. The molecule has 1 aromatic carbocycles. The van der Waals surface area contributed by atoms with E-state index in [1.807, 2.05) is 19.1 Å². The molecule has 0 fully saturated rings. The Labute approximate surface area is 117 Å². The summed E-state index contributed by atoms with van der Waals surface area (Å²) in [6, 6.07) is 5.40. The first-order valence-electron chi connectivity index (χ1n) is 4.80. The van der Waals surface area contributed by atoms with Gasteiger partial charge in [0.2, 0.25) is 0 Å².